The smallest absolute Gasteiger partial charge is 0.333 e. The molecule has 0 saturated carbocycles. The Bertz CT molecular complexity index is 517. The van der Waals surface area contributed by atoms with E-state index in [0.29, 0.717) is 12.1 Å². The van der Waals surface area contributed by atoms with Gasteiger partial charge in [0.2, 0.25) is 0 Å². The van der Waals surface area contributed by atoms with Gasteiger partial charge in [0.15, 0.2) is 0 Å². The van der Waals surface area contributed by atoms with Crippen LogP contribution in [0.5, 0.6) is 0 Å². The van der Waals surface area contributed by atoms with E-state index in [1.54, 1.807) is 24.8 Å². The summed E-state index contributed by atoms with van der Waals surface area (Å²) in [6.07, 6.45) is 2.62. The number of hydrogen-bond acceptors (Lipinski definition) is 3. The maximum Gasteiger partial charge on any atom is 0.333 e. The Balaban J connectivity index is 3.06. The molecule has 0 aliphatic carbocycles. The third kappa shape index (κ3) is 3.09. The van der Waals surface area contributed by atoms with Gasteiger partial charge in [-0.3, -0.25) is 9.36 Å². The Morgan fingerprint density at radius 3 is 2.56 bits per heavy atom. The topological polar surface area (TPSA) is 53.2 Å². The highest BCUT2D eigenvalue weighted by atomic mass is 31.0. The molecule has 0 N–H and O–H groups in total. The van der Waals surface area contributed by atoms with E-state index >= 15 is 0 Å². The first-order chi connectivity index (χ1) is 8.42. The van der Waals surface area contributed by atoms with E-state index in [2.05, 4.69) is 16.3 Å². The van der Waals surface area contributed by atoms with Gasteiger partial charge in [0, 0.05) is 31.3 Å². The van der Waals surface area contributed by atoms with E-state index in [-0.39, 0.29) is 23.3 Å². The first kappa shape index (κ1) is 15.1. The van der Waals surface area contributed by atoms with Gasteiger partial charge < -0.3 is 4.74 Å². The van der Waals surface area contributed by atoms with Gasteiger partial charge in [0.05, 0.1) is 6.10 Å². The molecule has 1 rings (SSSR count). The van der Waals surface area contributed by atoms with Crippen LogP contribution < -0.4 is 11.2 Å². The molecular weight excluding hydrogens is 251 g/mol. The fraction of sp³-hybridized carbons (Fsp3) is 0.667. The highest BCUT2D eigenvalue weighted by Crippen LogP contribution is 2.12. The summed E-state index contributed by atoms with van der Waals surface area (Å²) in [6.45, 7) is 6.34. The average Bonchev–Trinajstić information content (AvgIpc) is 2.35. The lowest BCUT2D eigenvalue weighted by atomic mass is 10.0. The molecule has 0 amide bonds. The molecule has 0 spiro atoms. The molecule has 0 saturated heterocycles. The molecule has 1 heterocycles. The van der Waals surface area contributed by atoms with Crippen LogP contribution in [0.2, 0.25) is 0 Å². The van der Waals surface area contributed by atoms with Crippen molar-refractivity contribution in [1.82, 2.24) is 8.90 Å². The van der Waals surface area contributed by atoms with Crippen LogP contribution in [0.4, 0.5) is 0 Å². The molecule has 0 aliphatic heterocycles. The molecule has 0 bridgehead atoms. The number of aromatic nitrogens is 2. The summed E-state index contributed by atoms with van der Waals surface area (Å²) in [7, 11) is 3.84. The van der Waals surface area contributed by atoms with Crippen LogP contribution in [0.15, 0.2) is 15.8 Å². The van der Waals surface area contributed by atoms with Crippen molar-refractivity contribution in [2.75, 3.05) is 7.11 Å². The van der Waals surface area contributed by atoms with E-state index in [4.69, 9.17) is 4.74 Å². The minimum atomic E-state index is -0.312. The highest BCUT2D eigenvalue weighted by Gasteiger charge is 2.16. The van der Waals surface area contributed by atoms with Gasteiger partial charge in [-0.15, -0.1) is 0 Å². The summed E-state index contributed by atoms with van der Waals surface area (Å²) < 4.78 is 8.00. The Morgan fingerprint density at radius 2 is 2.06 bits per heavy atom. The van der Waals surface area contributed by atoms with Crippen molar-refractivity contribution in [3.05, 3.63) is 32.6 Å². The van der Waals surface area contributed by atoms with Gasteiger partial charge in [-0.05, 0) is 22.7 Å². The second-order valence-corrected chi connectivity index (χ2v) is 5.10. The maximum atomic E-state index is 11.9. The van der Waals surface area contributed by atoms with Crippen molar-refractivity contribution in [2.45, 2.75) is 39.8 Å². The van der Waals surface area contributed by atoms with Crippen LogP contribution in [0, 0.1) is 12.8 Å². The fourth-order valence-electron chi connectivity index (χ4n) is 2.12. The molecule has 18 heavy (non-hydrogen) atoms. The zero-order valence-electron chi connectivity index (χ0n) is 11.3. The van der Waals surface area contributed by atoms with Gasteiger partial charge in [-0.2, -0.15) is 0 Å². The van der Waals surface area contributed by atoms with Gasteiger partial charge in [0.25, 0.3) is 5.56 Å². The summed E-state index contributed by atoms with van der Waals surface area (Å²) in [4.78, 5) is 23.5. The molecule has 6 heteroatoms. The van der Waals surface area contributed by atoms with Crippen LogP contribution in [0.25, 0.3) is 0 Å². The van der Waals surface area contributed by atoms with Crippen molar-refractivity contribution in [3.8, 4) is 0 Å². The SMILES string of the molecule is CCC(OC)[C@@H](C)Cn1cc(C)c(=O)n(P)c1=O. The molecule has 3 atom stereocenters. The lowest BCUT2D eigenvalue weighted by Gasteiger charge is -2.22. The Hall–Kier alpha value is -0.930. The Kier molecular flexibility index (Phi) is 5.29. The maximum absolute atomic E-state index is 11.9. The quantitative estimate of drug-likeness (QED) is 0.752. The van der Waals surface area contributed by atoms with Crippen molar-refractivity contribution in [1.29, 1.82) is 0 Å². The predicted octanol–water partition coefficient (Wildman–Crippen LogP) is 1.02. The zero-order valence-corrected chi connectivity index (χ0v) is 12.5. The summed E-state index contributed by atoms with van der Waals surface area (Å²) in [5.74, 6) is 0.208. The second-order valence-electron chi connectivity index (χ2n) is 4.58. The first-order valence-corrected chi connectivity index (χ1v) is 6.55. The van der Waals surface area contributed by atoms with Crippen molar-refractivity contribution >= 4 is 9.39 Å². The van der Waals surface area contributed by atoms with E-state index < -0.39 is 0 Å². The average molecular weight is 272 g/mol. The van der Waals surface area contributed by atoms with Crippen LogP contribution >= 0.6 is 9.39 Å². The van der Waals surface area contributed by atoms with Gasteiger partial charge in [-0.1, -0.05) is 13.8 Å². The third-order valence-electron chi connectivity index (χ3n) is 3.18. The van der Waals surface area contributed by atoms with Crippen LogP contribution in [0.3, 0.4) is 0 Å². The van der Waals surface area contributed by atoms with Gasteiger partial charge >= 0.3 is 5.69 Å². The monoisotopic (exact) mass is 272 g/mol. The van der Waals surface area contributed by atoms with E-state index in [9.17, 15) is 9.59 Å². The molecule has 0 aliphatic rings. The summed E-state index contributed by atoms with van der Waals surface area (Å²) in [5.41, 5.74) is -0.0247. The Labute approximate surface area is 109 Å². The second kappa shape index (κ2) is 6.30. The Morgan fingerprint density at radius 1 is 1.44 bits per heavy atom. The molecule has 5 nitrogen and oxygen atoms in total. The molecule has 1 aromatic rings. The van der Waals surface area contributed by atoms with Gasteiger partial charge in [-0.25, -0.2) is 9.13 Å². The normalized spacial score (nSPS) is 14.5. The minimum absolute atomic E-state index is 0.113. The molecule has 102 valence electrons. The van der Waals surface area contributed by atoms with Crippen molar-refractivity contribution in [2.24, 2.45) is 5.92 Å². The summed E-state index contributed by atoms with van der Waals surface area (Å²) in [5, 5.41) is 0. The molecular formula is C12H21N2O3P. The number of hydrogen-bond donors (Lipinski definition) is 0. The van der Waals surface area contributed by atoms with E-state index in [1.807, 2.05) is 6.92 Å². The predicted molar refractivity (Wildman–Crippen MR) is 75.1 cm³/mol. The number of aryl methyl sites for hydroxylation is 1. The number of rotatable bonds is 5. The van der Waals surface area contributed by atoms with Crippen LogP contribution in [0.1, 0.15) is 25.8 Å². The van der Waals surface area contributed by atoms with Crippen LogP contribution in [-0.4, -0.2) is 22.1 Å². The minimum Gasteiger partial charge on any atom is -0.381 e. The van der Waals surface area contributed by atoms with Crippen LogP contribution in [-0.2, 0) is 11.3 Å². The summed E-state index contributed by atoms with van der Waals surface area (Å²) in [6, 6.07) is 0. The van der Waals surface area contributed by atoms with E-state index in [1.165, 1.54) is 0 Å². The molecule has 1 aromatic heterocycles. The van der Waals surface area contributed by atoms with Gasteiger partial charge in [0.1, 0.15) is 0 Å². The molecule has 0 aromatic carbocycles. The first-order valence-electron chi connectivity index (χ1n) is 6.03. The van der Waals surface area contributed by atoms with E-state index in [0.717, 1.165) is 10.8 Å². The van der Waals surface area contributed by atoms with Crippen molar-refractivity contribution in [3.63, 3.8) is 0 Å². The molecule has 2 unspecified atom stereocenters. The molecule has 0 radical (unpaired) electrons. The summed E-state index contributed by atoms with van der Waals surface area (Å²) >= 11 is 0. The standard InChI is InChI=1S/C12H21N2O3P/c1-5-10(17-4)8(2)6-13-7-9(3)11(15)14(18)12(13)16/h7-8,10H,5-6,18H2,1-4H3/t8-,10?/m0/s1. The fourth-order valence-corrected chi connectivity index (χ4v) is 2.47. The van der Waals surface area contributed by atoms with Crippen molar-refractivity contribution < 1.29 is 4.74 Å². The number of nitrogens with zero attached hydrogens (tertiary/aromatic N) is 2. The molecule has 0 fully saturated rings. The largest absolute Gasteiger partial charge is 0.381 e. The number of ether oxygens (including phenoxy) is 1. The highest BCUT2D eigenvalue weighted by molar-refractivity contribution is 7.14. The zero-order chi connectivity index (χ0) is 13.9. The lowest BCUT2D eigenvalue weighted by molar-refractivity contribution is 0.0486. The third-order valence-corrected chi connectivity index (χ3v) is 3.64. The number of methoxy groups -OCH3 is 1. The lowest BCUT2D eigenvalue weighted by Crippen LogP contribution is -2.38.